The molecule has 8 nitrogen and oxygen atoms in total. The standard InChI is InChI=1S/C23H37N5O3.HI/c1-3-24-22(26-17-23(2,30)18-27-11-13-31-14-12-27)25-15-19-7-4-5-8-20(19)16-28-10-6-9-21(28)29;/h4-5,7-8,30H,3,6,9-18H2,1-2H3,(H2,24,25,26);1H. The summed E-state index contributed by atoms with van der Waals surface area (Å²) in [5.41, 5.74) is 1.37. The van der Waals surface area contributed by atoms with Gasteiger partial charge in [0.15, 0.2) is 5.96 Å². The van der Waals surface area contributed by atoms with E-state index in [9.17, 15) is 9.90 Å². The molecule has 32 heavy (non-hydrogen) atoms. The number of aliphatic hydroxyl groups is 1. The van der Waals surface area contributed by atoms with Gasteiger partial charge in [-0.25, -0.2) is 4.99 Å². The van der Waals surface area contributed by atoms with Crippen LogP contribution in [-0.4, -0.2) is 84.9 Å². The van der Waals surface area contributed by atoms with E-state index >= 15 is 0 Å². The zero-order valence-electron chi connectivity index (χ0n) is 19.3. The number of ether oxygens (including phenoxy) is 1. The number of benzene rings is 1. The number of hydrogen-bond acceptors (Lipinski definition) is 5. The van der Waals surface area contributed by atoms with Gasteiger partial charge < -0.3 is 25.4 Å². The second kappa shape index (κ2) is 13.3. The number of nitrogens with zero attached hydrogens (tertiary/aromatic N) is 3. The Morgan fingerprint density at radius 1 is 1.19 bits per heavy atom. The molecule has 1 aromatic rings. The van der Waals surface area contributed by atoms with Gasteiger partial charge in [-0.15, -0.1) is 24.0 Å². The summed E-state index contributed by atoms with van der Waals surface area (Å²) in [5, 5.41) is 17.4. The summed E-state index contributed by atoms with van der Waals surface area (Å²) in [6.45, 7) is 10.7. The predicted molar refractivity (Wildman–Crippen MR) is 137 cm³/mol. The molecule has 2 heterocycles. The minimum Gasteiger partial charge on any atom is -0.387 e. The van der Waals surface area contributed by atoms with Gasteiger partial charge in [0.1, 0.15) is 0 Å². The van der Waals surface area contributed by atoms with Crippen LogP contribution in [0.2, 0.25) is 0 Å². The molecule has 2 aliphatic heterocycles. The number of carbonyl (C=O) groups is 1. The lowest BCUT2D eigenvalue weighted by molar-refractivity contribution is -0.128. The van der Waals surface area contributed by atoms with Crippen LogP contribution in [0.4, 0.5) is 0 Å². The molecular weight excluding hydrogens is 521 g/mol. The van der Waals surface area contributed by atoms with E-state index in [-0.39, 0.29) is 29.9 Å². The average molecular weight is 559 g/mol. The first-order valence-electron chi connectivity index (χ1n) is 11.4. The van der Waals surface area contributed by atoms with E-state index in [2.05, 4.69) is 27.7 Å². The molecule has 2 aliphatic rings. The monoisotopic (exact) mass is 559 g/mol. The van der Waals surface area contributed by atoms with Crippen LogP contribution >= 0.6 is 24.0 Å². The van der Waals surface area contributed by atoms with Crippen molar-refractivity contribution in [2.45, 2.75) is 45.4 Å². The average Bonchev–Trinajstić information content (AvgIpc) is 3.16. The third-order valence-corrected chi connectivity index (χ3v) is 5.71. The molecule has 3 N–H and O–H groups in total. The molecule has 1 unspecified atom stereocenters. The van der Waals surface area contributed by atoms with Crippen LogP contribution in [0.1, 0.15) is 37.8 Å². The quantitative estimate of drug-likeness (QED) is 0.242. The molecule has 0 aromatic heterocycles. The van der Waals surface area contributed by atoms with E-state index in [1.807, 2.05) is 30.9 Å². The highest BCUT2D eigenvalue weighted by atomic mass is 127. The molecule has 1 amide bonds. The van der Waals surface area contributed by atoms with Gasteiger partial charge in [-0.05, 0) is 31.4 Å². The number of rotatable bonds is 9. The molecule has 0 radical (unpaired) electrons. The molecule has 1 atom stereocenters. The first kappa shape index (κ1) is 26.8. The maximum Gasteiger partial charge on any atom is 0.222 e. The Bertz CT molecular complexity index is 753. The zero-order chi connectivity index (χ0) is 22.1. The SMILES string of the molecule is CCNC(=NCc1ccccc1CN1CCCC1=O)NCC(C)(O)CN1CCOCC1.I. The minimum atomic E-state index is -0.873. The number of hydrogen-bond donors (Lipinski definition) is 3. The molecule has 0 aliphatic carbocycles. The van der Waals surface area contributed by atoms with Crippen molar-refractivity contribution in [1.82, 2.24) is 20.4 Å². The summed E-state index contributed by atoms with van der Waals surface area (Å²) >= 11 is 0. The summed E-state index contributed by atoms with van der Waals surface area (Å²) in [6.07, 6.45) is 1.59. The number of guanidine groups is 1. The fourth-order valence-electron chi connectivity index (χ4n) is 4.02. The largest absolute Gasteiger partial charge is 0.387 e. The van der Waals surface area contributed by atoms with Crippen LogP contribution < -0.4 is 10.6 Å². The van der Waals surface area contributed by atoms with Gasteiger partial charge in [-0.2, -0.15) is 0 Å². The van der Waals surface area contributed by atoms with Gasteiger partial charge in [-0.1, -0.05) is 24.3 Å². The molecule has 9 heteroatoms. The molecule has 180 valence electrons. The molecule has 0 spiro atoms. The van der Waals surface area contributed by atoms with Crippen molar-refractivity contribution in [3.05, 3.63) is 35.4 Å². The van der Waals surface area contributed by atoms with Gasteiger partial charge in [-0.3, -0.25) is 9.69 Å². The Hall–Kier alpha value is -1.43. The van der Waals surface area contributed by atoms with E-state index < -0.39 is 5.60 Å². The summed E-state index contributed by atoms with van der Waals surface area (Å²) in [4.78, 5) is 20.9. The number of halogens is 1. The normalized spacial score (nSPS) is 19.4. The van der Waals surface area contributed by atoms with Crippen molar-refractivity contribution >= 4 is 35.8 Å². The van der Waals surface area contributed by atoms with Gasteiger partial charge in [0.2, 0.25) is 5.91 Å². The molecular formula is C23H38IN5O3. The highest BCUT2D eigenvalue weighted by molar-refractivity contribution is 14.0. The van der Waals surface area contributed by atoms with Crippen LogP contribution in [0.15, 0.2) is 29.3 Å². The fraction of sp³-hybridized carbons (Fsp3) is 0.652. The second-order valence-electron chi connectivity index (χ2n) is 8.62. The number of morpholine rings is 1. The first-order chi connectivity index (χ1) is 15.0. The molecule has 1 aromatic carbocycles. The van der Waals surface area contributed by atoms with Gasteiger partial charge >= 0.3 is 0 Å². The number of aliphatic imine (C=N–C) groups is 1. The van der Waals surface area contributed by atoms with Crippen molar-refractivity contribution in [2.75, 3.05) is 52.5 Å². The van der Waals surface area contributed by atoms with Crippen LogP contribution in [0.25, 0.3) is 0 Å². The van der Waals surface area contributed by atoms with Crippen molar-refractivity contribution in [1.29, 1.82) is 0 Å². The van der Waals surface area contributed by atoms with E-state index in [0.717, 1.165) is 56.9 Å². The van der Waals surface area contributed by atoms with Gasteiger partial charge in [0.05, 0.1) is 25.4 Å². The number of likely N-dealkylation sites (tertiary alicyclic amines) is 1. The summed E-state index contributed by atoms with van der Waals surface area (Å²) < 4.78 is 5.39. The van der Waals surface area contributed by atoms with Crippen molar-refractivity contribution < 1.29 is 14.6 Å². The molecule has 2 fully saturated rings. The van der Waals surface area contributed by atoms with Crippen molar-refractivity contribution in [2.24, 2.45) is 4.99 Å². The predicted octanol–water partition coefficient (Wildman–Crippen LogP) is 1.57. The Labute approximate surface area is 208 Å². The maximum absolute atomic E-state index is 12.0. The smallest absolute Gasteiger partial charge is 0.222 e. The Morgan fingerprint density at radius 3 is 2.56 bits per heavy atom. The molecule has 0 bridgehead atoms. The lowest BCUT2D eigenvalue weighted by atomic mass is 10.1. The first-order valence-corrected chi connectivity index (χ1v) is 11.4. The topological polar surface area (TPSA) is 89.4 Å². The Morgan fingerprint density at radius 2 is 1.91 bits per heavy atom. The summed E-state index contributed by atoms with van der Waals surface area (Å²) in [7, 11) is 0. The fourth-order valence-corrected chi connectivity index (χ4v) is 4.02. The second-order valence-corrected chi connectivity index (χ2v) is 8.62. The van der Waals surface area contributed by atoms with E-state index in [1.54, 1.807) is 0 Å². The number of β-amino-alcohol motifs (C(OH)–C–C–N with tert-alkyl or cyclic N) is 1. The van der Waals surface area contributed by atoms with Crippen LogP contribution in [0.3, 0.4) is 0 Å². The third kappa shape index (κ3) is 8.49. The highest BCUT2D eigenvalue weighted by Gasteiger charge is 2.25. The van der Waals surface area contributed by atoms with Crippen LogP contribution in [0.5, 0.6) is 0 Å². The number of amides is 1. The van der Waals surface area contributed by atoms with Crippen LogP contribution in [0, 0.1) is 0 Å². The number of nitrogens with one attached hydrogen (secondary N) is 2. The molecule has 0 saturated carbocycles. The van der Waals surface area contributed by atoms with E-state index in [4.69, 9.17) is 9.73 Å². The molecule has 2 saturated heterocycles. The summed E-state index contributed by atoms with van der Waals surface area (Å²) in [6, 6.07) is 8.16. The summed E-state index contributed by atoms with van der Waals surface area (Å²) in [5.74, 6) is 0.910. The van der Waals surface area contributed by atoms with E-state index in [1.165, 1.54) is 0 Å². The maximum atomic E-state index is 12.0. The number of carbonyl (C=O) groups excluding carboxylic acids is 1. The van der Waals surface area contributed by atoms with Gasteiger partial charge in [0.25, 0.3) is 0 Å². The lowest BCUT2D eigenvalue weighted by Gasteiger charge is -2.34. The van der Waals surface area contributed by atoms with Crippen molar-refractivity contribution in [3.63, 3.8) is 0 Å². The third-order valence-electron chi connectivity index (χ3n) is 5.71. The van der Waals surface area contributed by atoms with Gasteiger partial charge in [0, 0.05) is 52.2 Å². The molecule has 3 rings (SSSR count). The Kier molecular flexibility index (Phi) is 11.2. The zero-order valence-corrected chi connectivity index (χ0v) is 21.6. The minimum absolute atomic E-state index is 0. The highest BCUT2D eigenvalue weighted by Crippen LogP contribution is 2.18. The lowest BCUT2D eigenvalue weighted by Crippen LogP contribution is -2.52. The van der Waals surface area contributed by atoms with Crippen LogP contribution in [-0.2, 0) is 22.6 Å². The Balaban J connectivity index is 0.00000363. The van der Waals surface area contributed by atoms with E-state index in [0.29, 0.717) is 38.6 Å². The van der Waals surface area contributed by atoms with Crippen molar-refractivity contribution in [3.8, 4) is 0 Å².